The van der Waals surface area contributed by atoms with Crippen molar-refractivity contribution in [2.45, 2.75) is 31.6 Å². The smallest absolute Gasteiger partial charge is 0.321 e. The number of para-hydroxylation sites is 1. The van der Waals surface area contributed by atoms with Crippen LogP contribution in [0.15, 0.2) is 57.0 Å². The third-order valence-electron chi connectivity index (χ3n) is 3.86. The number of amides is 3. The molecular formula is C19H20N4O4S. The highest BCUT2D eigenvalue weighted by Crippen LogP contribution is 2.18. The molecule has 3 rings (SSSR count). The van der Waals surface area contributed by atoms with E-state index in [4.69, 9.17) is 4.42 Å². The molecule has 146 valence electrons. The van der Waals surface area contributed by atoms with Crippen molar-refractivity contribution in [3.05, 3.63) is 58.8 Å². The molecule has 0 saturated carbocycles. The number of imide groups is 1. The predicted octanol–water partition coefficient (Wildman–Crippen LogP) is 2.52. The minimum absolute atomic E-state index is 0.0390. The van der Waals surface area contributed by atoms with Crippen LogP contribution in [-0.2, 0) is 17.9 Å². The molecule has 8 nitrogen and oxygen atoms in total. The highest BCUT2D eigenvalue weighted by atomic mass is 32.2. The highest BCUT2D eigenvalue weighted by molar-refractivity contribution is 7.99. The third kappa shape index (κ3) is 4.80. The molecule has 0 atom stereocenters. The van der Waals surface area contributed by atoms with E-state index in [-0.39, 0.29) is 17.9 Å². The van der Waals surface area contributed by atoms with Crippen molar-refractivity contribution >= 4 is 34.6 Å². The Balaban J connectivity index is 1.63. The molecule has 0 bridgehead atoms. The molecule has 2 N–H and O–H groups in total. The second-order valence-electron chi connectivity index (χ2n) is 5.97. The second-order valence-corrected chi connectivity index (χ2v) is 6.91. The first-order valence-electron chi connectivity index (χ1n) is 8.81. The first kappa shape index (κ1) is 19.7. The van der Waals surface area contributed by atoms with Crippen molar-refractivity contribution < 1.29 is 14.0 Å². The summed E-state index contributed by atoms with van der Waals surface area (Å²) in [7, 11) is 0. The summed E-state index contributed by atoms with van der Waals surface area (Å²) in [5, 5.41) is 5.78. The lowest BCUT2D eigenvalue weighted by Crippen LogP contribution is -2.40. The first-order chi connectivity index (χ1) is 13.6. The van der Waals surface area contributed by atoms with Gasteiger partial charge < -0.3 is 9.73 Å². The van der Waals surface area contributed by atoms with Crippen LogP contribution in [0.1, 0.15) is 19.1 Å². The molecule has 0 aliphatic carbocycles. The van der Waals surface area contributed by atoms with Crippen molar-refractivity contribution in [1.82, 2.24) is 20.2 Å². The Morgan fingerprint density at radius 2 is 2.04 bits per heavy atom. The largest absolute Gasteiger partial charge is 0.467 e. The quantitative estimate of drug-likeness (QED) is 0.466. The third-order valence-corrected chi connectivity index (χ3v) is 4.84. The average molecular weight is 400 g/mol. The van der Waals surface area contributed by atoms with Crippen LogP contribution in [0.4, 0.5) is 4.79 Å². The maximum atomic E-state index is 12.7. The fourth-order valence-electron chi connectivity index (χ4n) is 2.60. The molecule has 3 aromatic rings. The van der Waals surface area contributed by atoms with E-state index in [1.54, 1.807) is 34.9 Å². The van der Waals surface area contributed by atoms with Gasteiger partial charge in [0, 0.05) is 6.54 Å². The Kier molecular flexibility index (Phi) is 6.49. The van der Waals surface area contributed by atoms with Gasteiger partial charge in [-0.3, -0.25) is 19.5 Å². The summed E-state index contributed by atoms with van der Waals surface area (Å²) in [6.45, 7) is 2.65. The van der Waals surface area contributed by atoms with Crippen LogP contribution in [0.5, 0.6) is 0 Å². The van der Waals surface area contributed by atoms with Gasteiger partial charge in [0.25, 0.3) is 5.56 Å². The number of benzene rings is 1. The molecular weight excluding hydrogens is 380 g/mol. The average Bonchev–Trinajstić information content (AvgIpc) is 3.21. The molecule has 9 heteroatoms. The van der Waals surface area contributed by atoms with Gasteiger partial charge in [0.15, 0.2) is 5.16 Å². The normalized spacial score (nSPS) is 10.8. The molecule has 0 unspecified atom stereocenters. The monoisotopic (exact) mass is 400 g/mol. The summed E-state index contributed by atoms with van der Waals surface area (Å²) in [4.78, 5) is 41.1. The van der Waals surface area contributed by atoms with E-state index in [9.17, 15) is 14.4 Å². The standard InChI is InChI=1S/C19H20N4O4S/c1-2-9-23-17(25)14-7-3-4-8-15(14)21-19(23)28-12-16(24)22-18(26)20-11-13-6-5-10-27-13/h3-8,10H,2,9,11-12H2,1H3,(H2,20,22,24,26). The molecule has 0 fully saturated rings. The van der Waals surface area contributed by atoms with Gasteiger partial charge in [-0.25, -0.2) is 9.78 Å². The predicted molar refractivity (Wildman–Crippen MR) is 106 cm³/mol. The molecule has 0 spiro atoms. The molecule has 0 radical (unpaired) electrons. The van der Waals surface area contributed by atoms with Crippen LogP contribution in [0.25, 0.3) is 10.9 Å². The lowest BCUT2D eigenvalue weighted by molar-refractivity contribution is -0.117. The van der Waals surface area contributed by atoms with E-state index in [0.717, 1.165) is 18.2 Å². The SMILES string of the molecule is CCCn1c(SCC(=O)NC(=O)NCc2ccco2)nc2ccccc2c1=O. The number of hydrogen-bond acceptors (Lipinski definition) is 6. The number of furan rings is 1. The first-order valence-corrected chi connectivity index (χ1v) is 9.79. The van der Waals surface area contributed by atoms with E-state index in [2.05, 4.69) is 15.6 Å². The van der Waals surface area contributed by atoms with Crippen LogP contribution >= 0.6 is 11.8 Å². The molecule has 0 saturated heterocycles. The maximum absolute atomic E-state index is 12.7. The summed E-state index contributed by atoms with van der Waals surface area (Å²) in [5.41, 5.74) is 0.450. The molecule has 2 aromatic heterocycles. The minimum atomic E-state index is -0.612. The zero-order chi connectivity index (χ0) is 19.9. The molecule has 0 aliphatic heterocycles. The fourth-order valence-corrected chi connectivity index (χ4v) is 3.42. The van der Waals surface area contributed by atoms with Crippen molar-refractivity contribution in [1.29, 1.82) is 0 Å². The van der Waals surface area contributed by atoms with Crippen LogP contribution < -0.4 is 16.2 Å². The van der Waals surface area contributed by atoms with Crippen LogP contribution in [-0.4, -0.2) is 27.2 Å². The molecule has 2 heterocycles. The van der Waals surface area contributed by atoms with Gasteiger partial charge in [-0.1, -0.05) is 30.8 Å². The van der Waals surface area contributed by atoms with Crippen molar-refractivity contribution in [3.8, 4) is 0 Å². The molecule has 3 amide bonds. The van der Waals surface area contributed by atoms with Crippen molar-refractivity contribution in [3.63, 3.8) is 0 Å². The summed E-state index contributed by atoms with van der Waals surface area (Å²) in [5.74, 6) is 0.0659. The number of urea groups is 1. The number of rotatable bonds is 7. The van der Waals surface area contributed by atoms with E-state index < -0.39 is 11.9 Å². The number of thioether (sulfide) groups is 1. The van der Waals surface area contributed by atoms with Crippen LogP contribution in [0, 0.1) is 0 Å². The van der Waals surface area contributed by atoms with E-state index >= 15 is 0 Å². The Labute approximate surface area is 165 Å². The minimum Gasteiger partial charge on any atom is -0.467 e. The number of nitrogens with zero attached hydrogens (tertiary/aromatic N) is 2. The van der Waals surface area contributed by atoms with Crippen LogP contribution in [0.2, 0.25) is 0 Å². The summed E-state index contributed by atoms with van der Waals surface area (Å²) in [6.07, 6.45) is 2.26. The van der Waals surface area contributed by atoms with Gasteiger partial charge in [0.2, 0.25) is 5.91 Å². The maximum Gasteiger partial charge on any atom is 0.321 e. The number of carbonyl (C=O) groups is 2. The number of fused-ring (bicyclic) bond motifs is 1. The van der Waals surface area contributed by atoms with E-state index in [1.807, 2.05) is 13.0 Å². The lowest BCUT2D eigenvalue weighted by atomic mass is 10.2. The highest BCUT2D eigenvalue weighted by Gasteiger charge is 2.14. The van der Waals surface area contributed by atoms with Gasteiger partial charge in [-0.2, -0.15) is 0 Å². The van der Waals surface area contributed by atoms with Crippen molar-refractivity contribution in [2.75, 3.05) is 5.75 Å². The van der Waals surface area contributed by atoms with Crippen LogP contribution in [0.3, 0.4) is 0 Å². The summed E-state index contributed by atoms with van der Waals surface area (Å²) in [6, 6.07) is 9.92. The molecule has 28 heavy (non-hydrogen) atoms. The van der Waals surface area contributed by atoms with E-state index in [1.165, 1.54) is 6.26 Å². The lowest BCUT2D eigenvalue weighted by Gasteiger charge is -2.12. The summed E-state index contributed by atoms with van der Waals surface area (Å²) >= 11 is 1.12. The van der Waals surface area contributed by atoms with Gasteiger partial charge in [-0.15, -0.1) is 0 Å². The number of hydrogen-bond donors (Lipinski definition) is 2. The Morgan fingerprint density at radius 3 is 2.79 bits per heavy atom. The van der Waals surface area contributed by atoms with Gasteiger partial charge in [0.05, 0.1) is 29.5 Å². The topological polar surface area (TPSA) is 106 Å². The molecule has 1 aromatic carbocycles. The van der Waals surface area contributed by atoms with Crippen molar-refractivity contribution in [2.24, 2.45) is 0 Å². The zero-order valence-corrected chi connectivity index (χ0v) is 16.1. The number of aromatic nitrogens is 2. The second kappa shape index (κ2) is 9.23. The number of carbonyl (C=O) groups excluding carboxylic acids is 2. The van der Waals surface area contributed by atoms with Gasteiger partial charge >= 0.3 is 6.03 Å². The Morgan fingerprint density at radius 1 is 1.21 bits per heavy atom. The summed E-state index contributed by atoms with van der Waals surface area (Å²) < 4.78 is 6.67. The molecule has 0 aliphatic rings. The van der Waals surface area contributed by atoms with Gasteiger partial charge in [-0.05, 0) is 30.7 Å². The van der Waals surface area contributed by atoms with Gasteiger partial charge in [0.1, 0.15) is 5.76 Å². The Bertz CT molecular complexity index is 1030. The zero-order valence-electron chi connectivity index (χ0n) is 15.3. The number of nitrogens with one attached hydrogen (secondary N) is 2. The Hall–Kier alpha value is -3.07. The van der Waals surface area contributed by atoms with E-state index in [0.29, 0.717) is 28.4 Å². The fraction of sp³-hybridized carbons (Fsp3) is 0.263.